The Hall–Kier alpha value is -3.12. The summed E-state index contributed by atoms with van der Waals surface area (Å²) in [5, 5.41) is 4.19. The maximum absolute atomic E-state index is 13.6. The van der Waals surface area contributed by atoms with Crippen molar-refractivity contribution in [1.29, 1.82) is 0 Å². The van der Waals surface area contributed by atoms with E-state index in [2.05, 4.69) is 10.2 Å². The van der Waals surface area contributed by atoms with E-state index in [1.807, 2.05) is 57.2 Å². The second-order valence-electron chi connectivity index (χ2n) is 10.1. The van der Waals surface area contributed by atoms with Crippen molar-refractivity contribution in [3.8, 4) is 0 Å². The summed E-state index contributed by atoms with van der Waals surface area (Å²) < 4.78 is 13.6. The lowest BCUT2D eigenvalue weighted by Crippen LogP contribution is -2.44. The average molecular weight is 462 g/mol. The van der Waals surface area contributed by atoms with Crippen molar-refractivity contribution < 1.29 is 14.0 Å². The molecule has 1 aromatic heterocycles. The van der Waals surface area contributed by atoms with E-state index in [4.69, 9.17) is 4.98 Å². The number of hydrogen-bond donors (Lipinski definition) is 1. The Morgan fingerprint density at radius 2 is 1.71 bits per heavy atom. The number of aromatic nitrogens is 1. The van der Waals surface area contributed by atoms with Gasteiger partial charge in [-0.2, -0.15) is 0 Å². The minimum absolute atomic E-state index is 0.0360. The molecule has 1 fully saturated rings. The number of hydrogen-bond acceptors (Lipinski definition) is 4. The maximum atomic E-state index is 13.6. The highest BCUT2D eigenvalue weighted by molar-refractivity contribution is 5.85. The molecule has 1 atom stereocenters. The highest BCUT2D eigenvalue weighted by Crippen LogP contribution is 2.26. The standard InChI is InChI=1S/C28H32FN3O2/c1-28(2,3)25(33)18-32-16-14-21(15-17-32)27(34)31-26(20-8-11-22(29)12-9-20)24-13-10-19-6-4-5-7-23(19)30-24/h4-13,21,26H,14-18H2,1-3H3,(H,31,34). The van der Waals surface area contributed by atoms with E-state index in [0.717, 1.165) is 29.6 Å². The van der Waals surface area contributed by atoms with Gasteiger partial charge in [-0.3, -0.25) is 19.5 Å². The maximum Gasteiger partial charge on any atom is 0.224 e. The Kier molecular flexibility index (Phi) is 7.08. The summed E-state index contributed by atoms with van der Waals surface area (Å²) in [5.74, 6) is -0.276. The second-order valence-corrected chi connectivity index (χ2v) is 10.1. The molecule has 1 aliphatic heterocycles. The molecule has 0 spiro atoms. The van der Waals surface area contributed by atoms with Gasteiger partial charge in [-0.1, -0.05) is 57.2 Å². The first-order valence-electron chi connectivity index (χ1n) is 11.9. The largest absolute Gasteiger partial charge is 0.343 e. The average Bonchev–Trinajstić information content (AvgIpc) is 2.82. The molecule has 34 heavy (non-hydrogen) atoms. The molecule has 1 amide bonds. The summed E-state index contributed by atoms with van der Waals surface area (Å²) in [6.45, 7) is 7.67. The molecule has 1 N–H and O–H groups in total. The third-order valence-electron chi connectivity index (χ3n) is 6.57. The number of amides is 1. The zero-order valence-electron chi connectivity index (χ0n) is 20.1. The van der Waals surface area contributed by atoms with Crippen molar-refractivity contribution in [1.82, 2.24) is 15.2 Å². The Morgan fingerprint density at radius 1 is 1.03 bits per heavy atom. The van der Waals surface area contributed by atoms with Crippen LogP contribution in [0.25, 0.3) is 10.9 Å². The van der Waals surface area contributed by atoms with Crippen LogP contribution in [0.2, 0.25) is 0 Å². The van der Waals surface area contributed by atoms with Crippen molar-refractivity contribution in [3.05, 3.63) is 77.7 Å². The number of benzene rings is 2. The van der Waals surface area contributed by atoms with Gasteiger partial charge in [0.2, 0.25) is 5.91 Å². The molecule has 0 radical (unpaired) electrons. The molecule has 1 saturated heterocycles. The number of halogens is 1. The molecule has 4 rings (SSSR count). The third-order valence-corrected chi connectivity index (χ3v) is 6.57. The zero-order chi connectivity index (χ0) is 24.3. The topological polar surface area (TPSA) is 62.3 Å². The number of ketones is 1. The predicted molar refractivity (Wildman–Crippen MR) is 132 cm³/mol. The highest BCUT2D eigenvalue weighted by Gasteiger charge is 2.30. The molecule has 3 aromatic rings. The SMILES string of the molecule is CC(C)(C)C(=O)CN1CCC(C(=O)NC(c2ccc(F)cc2)c2ccc3ccccc3n2)CC1. The molecule has 0 bridgehead atoms. The van der Waals surface area contributed by atoms with Crippen LogP contribution in [0.5, 0.6) is 0 Å². The van der Waals surface area contributed by atoms with Gasteiger partial charge in [0.05, 0.1) is 23.8 Å². The van der Waals surface area contributed by atoms with Crippen molar-refractivity contribution in [2.24, 2.45) is 11.3 Å². The molecular weight excluding hydrogens is 429 g/mol. The van der Waals surface area contributed by atoms with Crippen LogP contribution in [0.1, 0.15) is 50.9 Å². The van der Waals surface area contributed by atoms with Gasteiger partial charge in [0.1, 0.15) is 5.82 Å². The summed E-state index contributed by atoms with van der Waals surface area (Å²) in [6.07, 6.45) is 1.40. The number of Topliss-reactive ketones (excluding diaryl/α,β-unsaturated/α-hetero) is 1. The van der Waals surface area contributed by atoms with E-state index >= 15 is 0 Å². The fourth-order valence-corrected chi connectivity index (χ4v) is 4.28. The van der Waals surface area contributed by atoms with Gasteiger partial charge in [0.15, 0.2) is 5.78 Å². The lowest BCUT2D eigenvalue weighted by molar-refractivity contribution is -0.129. The number of carbonyl (C=O) groups is 2. The summed E-state index contributed by atoms with van der Waals surface area (Å²) >= 11 is 0. The van der Waals surface area contributed by atoms with Crippen LogP contribution in [0.4, 0.5) is 4.39 Å². The summed E-state index contributed by atoms with van der Waals surface area (Å²) in [6, 6.07) is 17.5. The number of piperidine rings is 1. The minimum Gasteiger partial charge on any atom is -0.343 e. The second kappa shape index (κ2) is 10.0. The lowest BCUT2D eigenvalue weighted by Gasteiger charge is -2.33. The highest BCUT2D eigenvalue weighted by atomic mass is 19.1. The van der Waals surface area contributed by atoms with Crippen LogP contribution in [-0.2, 0) is 9.59 Å². The van der Waals surface area contributed by atoms with E-state index in [1.165, 1.54) is 12.1 Å². The van der Waals surface area contributed by atoms with Gasteiger partial charge in [-0.15, -0.1) is 0 Å². The lowest BCUT2D eigenvalue weighted by atomic mass is 9.89. The number of nitrogens with one attached hydrogen (secondary N) is 1. The monoisotopic (exact) mass is 461 g/mol. The van der Waals surface area contributed by atoms with Crippen LogP contribution < -0.4 is 5.32 Å². The number of para-hydroxylation sites is 1. The molecule has 178 valence electrons. The number of nitrogens with zero attached hydrogens (tertiary/aromatic N) is 2. The van der Waals surface area contributed by atoms with Gasteiger partial charge in [0, 0.05) is 16.7 Å². The van der Waals surface area contributed by atoms with E-state index in [9.17, 15) is 14.0 Å². The van der Waals surface area contributed by atoms with Gasteiger partial charge in [-0.05, 0) is 55.8 Å². The van der Waals surface area contributed by atoms with E-state index < -0.39 is 6.04 Å². The first-order chi connectivity index (χ1) is 16.2. The van der Waals surface area contributed by atoms with Crippen LogP contribution in [-0.4, -0.2) is 41.2 Å². The fraction of sp³-hybridized carbons (Fsp3) is 0.393. The van der Waals surface area contributed by atoms with Gasteiger partial charge in [-0.25, -0.2) is 4.39 Å². The number of likely N-dealkylation sites (tertiary alicyclic amines) is 1. The van der Waals surface area contributed by atoms with E-state index in [0.29, 0.717) is 25.1 Å². The molecule has 0 aliphatic carbocycles. The zero-order valence-corrected chi connectivity index (χ0v) is 20.1. The third kappa shape index (κ3) is 5.68. The molecule has 6 heteroatoms. The van der Waals surface area contributed by atoms with Crippen LogP contribution in [0.15, 0.2) is 60.7 Å². The first kappa shape index (κ1) is 24.0. The number of rotatable bonds is 6. The van der Waals surface area contributed by atoms with Gasteiger partial charge < -0.3 is 5.32 Å². The van der Waals surface area contributed by atoms with Crippen molar-refractivity contribution in [2.45, 2.75) is 39.7 Å². The summed E-state index contributed by atoms with van der Waals surface area (Å²) in [5.41, 5.74) is 1.99. The smallest absolute Gasteiger partial charge is 0.224 e. The van der Waals surface area contributed by atoms with Crippen molar-refractivity contribution >= 4 is 22.6 Å². The Morgan fingerprint density at radius 3 is 2.38 bits per heavy atom. The van der Waals surface area contributed by atoms with Crippen molar-refractivity contribution in [3.63, 3.8) is 0 Å². The Balaban J connectivity index is 1.49. The fourth-order valence-electron chi connectivity index (χ4n) is 4.28. The molecule has 2 aromatic carbocycles. The first-order valence-corrected chi connectivity index (χ1v) is 11.9. The van der Waals surface area contributed by atoms with E-state index in [-0.39, 0.29) is 28.8 Å². The molecule has 0 saturated carbocycles. The van der Waals surface area contributed by atoms with Crippen molar-refractivity contribution in [2.75, 3.05) is 19.6 Å². The number of fused-ring (bicyclic) bond motifs is 1. The molecular formula is C28H32FN3O2. The Bertz CT molecular complexity index is 1160. The quantitative estimate of drug-likeness (QED) is 0.567. The molecule has 5 nitrogen and oxygen atoms in total. The molecule has 2 heterocycles. The normalized spacial score (nSPS) is 16.4. The minimum atomic E-state index is -0.474. The summed E-state index contributed by atoms with van der Waals surface area (Å²) in [7, 11) is 0. The predicted octanol–water partition coefficient (Wildman–Crippen LogP) is 4.91. The van der Waals surface area contributed by atoms with Crippen LogP contribution in [0.3, 0.4) is 0 Å². The van der Waals surface area contributed by atoms with Crippen LogP contribution >= 0.6 is 0 Å². The number of carbonyl (C=O) groups excluding carboxylic acids is 2. The Labute approximate surface area is 200 Å². The van der Waals surface area contributed by atoms with E-state index in [1.54, 1.807) is 12.1 Å². The van der Waals surface area contributed by atoms with Crippen LogP contribution in [0, 0.1) is 17.2 Å². The van der Waals surface area contributed by atoms with Gasteiger partial charge >= 0.3 is 0 Å². The molecule has 1 unspecified atom stereocenters. The number of pyridine rings is 1. The summed E-state index contributed by atoms with van der Waals surface area (Å²) in [4.78, 5) is 32.6. The molecule has 1 aliphatic rings. The van der Waals surface area contributed by atoms with Gasteiger partial charge in [0.25, 0.3) is 0 Å².